The van der Waals surface area contributed by atoms with Crippen LogP contribution in [0.1, 0.15) is 81.7 Å². The number of rotatable bonds is 5. The summed E-state index contributed by atoms with van der Waals surface area (Å²) in [7, 11) is 0. The Labute approximate surface area is 171 Å². The molecule has 0 nitrogen and oxygen atoms in total. The lowest BCUT2D eigenvalue weighted by Gasteiger charge is -2.35. The van der Waals surface area contributed by atoms with Gasteiger partial charge in [0.15, 0.2) is 0 Å². The van der Waals surface area contributed by atoms with E-state index in [2.05, 4.69) is 66.0 Å². The maximum atomic E-state index is 5.06. The molecular formula is C26H34S. The normalized spacial score (nSPS) is 18.6. The van der Waals surface area contributed by atoms with E-state index in [4.69, 9.17) is 12.6 Å². The predicted octanol–water partition coefficient (Wildman–Crippen LogP) is 7.93. The van der Waals surface area contributed by atoms with Crippen LogP contribution in [0.2, 0.25) is 0 Å². The fourth-order valence-electron chi connectivity index (χ4n) is 4.52. The van der Waals surface area contributed by atoms with E-state index in [1.807, 2.05) is 0 Å². The fourth-order valence-corrected chi connectivity index (χ4v) is 5.00. The van der Waals surface area contributed by atoms with Crippen LogP contribution in [0.15, 0.2) is 35.8 Å². The summed E-state index contributed by atoms with van der Waals surface area (Å²) >= 11 is 5.06. The van der Waals surface area contributed by atoms with Crippen LogP contribution in [0.4, 0.5) is 0 Å². The molecule has 0 amide bonds. The van der Waals surface area contributed by atoms with Crippen LogP contribution in [-0.4, -0.2) is 0 Å². The average Bonchev–Trinajstić information content (AvgIpc) is 2.59. The van der Waals surface area contributed by atoms with Gasteiger partial charge in [0.25, 0.3) is 0 Å². The van der Waals surface area contributed by atoms with Gasteiger partial charge >= 0.3 is 0 Å². The highest BCUT2D eigenvalue weighted by Gasteiger charge is 2.32. The highest BCUT2D eigenvalue weighted by atomic mass is 32.1. The maximum Gasteiger partial charge on any atom is 0.0194 e. The van der Waals surface area contributed by atoms with Crippen LogP contribution in [0, 0.1) is 11.3 Å². The van der Waals surface area contributed by atoms with Gasteiger partial charge in [-0.05, 0) is 76.0 Å². The highest BCUT2D eigenvalue weighted by Crippen LogP contribution is 2.48. The Morgan fingerprint density at radius 1 is 1.26 bits per heavy atom. The number of thiol groups is 1. The summed E-state index contributed by atoms with van der Waals surface area (Å²) in [4.78, 5) is 1.12. The molecule has 0 radical (unpaired) electrons. The summed E-state index contributed by atoms with van der Waals surface area (Å²) < 4.78 is 0. The van der Waals surface area contributed by atoms with Crippen molar-refractivity contribution in [1.82, 2.24) is 0 Å². The van der Waals surface area contributed by atoms with E-state index in [1.54, 1.807) is 0 Å². The van der Waals surface area contributed by atoms with Gasteiger partial charge < -0.3 is 0 Å². The molecule has 1 atom stereocenters. The fraction of sp³-hybridized carbons (Fsp3) is 0.462. The molecule has 0 aliphatic heterocycles. The molecule has 0 saturated heterocycles. The summed E-state index contributed by atoms with van der Waals surface area (Å²) in [6.45, 7) is 20.3. The lowest BCUT2D eigenvalue weighted by atomic mass is 9.71. The summed E-state index contributed by atoms with van der Waals surface area (Å²) in [5.41, 5.74) is 11.1. The third kappa shape index (κ3) is 3.63. The van der Waals surface area contributed by atoms with Crippen molar-refractivity contribution in [3.63, 3.8) is 0 Å². The lowest BCUT2D eigenvalue weighted by Crippen LogP contribution is -2.21. The van der Waals surface area contributed by atoms with Crippen molar-refractivity contribution in [2.24, 2.45) is 11.3 Å². The molecule has 2 aliphatic carbocycles. The zero-order chi connectivity index (χ0) is 19.9. The first-order valence-corrected chi connectivity index (χ1v) is 10.8. The van der Waals surface area contributed by atoms with Gasteiger partial charge in [-0.3, -0.25) is 0 Å². The van der Waals surface area contributed by atoms with Crippen LogP contribution >= 0.6 is 12.6 Å². The molecule has 0 N–H and O–H groups in total. The zero-order valence-corrected chi connectivity index (χ0v) is 18.6. The molecule has 0 fully saturated rings. The van der Waals surface area contributed by atoms with Crippen molar-refractivity contribution in [1.29, 1.82) is 0 Å². The van der Waals surface area contributed by atoms with E-state index in [-0.39, 0.29) is 5.41 Å². The van der Waals surface area contributed by atoms with Crippen molar-refractivity contribution in [3.8, 4) is 0 Å². The standard InChI is InChI=1S/C26H34S/c1-8-10-19-13-16(3)14-21-23(18(5)17(4)9-2)25(27)20-11-12-26(6,7)15-22(20)24(19)21/h11-13,17,27H,3,5,8-10,14-15H2,1-2,4,6-7H3. The molecule has 0 saturated carbocycles. The van der Waals surface area contributed by atoms with Crippen LogP contribution in [0.3, 0.4) is 0 Å². The lowest BCUT2D eigenvalue weighted by molar-refractivity contribution is 0.473. The van der Waals surface area contributed by atoms with E-state index in [0.717, 1.165) is 37.0 Å². The zero-order valence-electron chi connectivity index (χ0n) is 17.7. The van der Waals surface area contributed by atoms with Crippen molar-refractivity contribution >= 4 is 29.9 Å². The minimum atomic E-state index is 0.183. The maximum absolute atomic E-state index is 5.06. The second-order valence-electron chi connectivity index (χ2n) is 9.06. The second kappa shape index (κ2) is 7.51. The average molecular weight is 379 g/mol. The summed E-state index contributed by atoms with van der Waals surface area (Å²) in [6, 6.07) is 0. The quantitative estimate of drug-likeness (QED) is 0.494. The first-order chi connectivity index (χ1) is 12.7. The topological polar surface area (TPSA) is 0 Å². The molecule has 2 aliphatic rings. The van der Waals surface area contributed by atoms with Crippen LogP contribution < -0.4 is 0 Å². The van der Waals surface area contributed by atoms with Crippen molar-refractivity contribution in [2.45, 2.75) is 71.6 Å². The molecule has 1 aromatic rings. The van der Waals surface area contributed by atoms with Crippen LogP contribution in [0.25, 0.3) is 17.2 Å². The summed E-state index contributed by atoms with van der Waals surface area (Å²) in [5.74, 6) is 0.454. The third-order valence-electron chi connectivity index (χ3n) is 6.21. The molecule has 144 valence electrons. The molecule has 1 aromatic carbocycles. The molecule has 27 heavy (non-hydrogen) atoms. The summed E-state index contributed by atoms with van der Waals surface area (Å²) in [6.07, 6.45) is 12.3. The molecule has 0 spiro atoms. The Bertz CT molecular complexity index is 861. The van der Waals surface area contributed by atoms with Gasteiger partial charge in [0, 0.05) is 4.90 Å². The largest absolute Gasteiger partial charge is 0.142 e. The van der Waals surface area contributed by atoms with E-state index >= 15 is 0 Å². The minimum Gasteiger partial charge on any atom is -0.142 e. The van der Waals surface area contributed by atoms with Gasteiger partial charge in [0.1, 0.15) is 0 Å². The molecular weight excluding hydrogens is 344 g/mol. The first kappa shape index (κ1) is 20.3. The van der Waals surface area contributed by atoms with E-state index in [9.17, 15) is 0 Å². The van der Waals surface area contributed by atoms with Gasteiger partial charge in [-0.15, -0.1) is 12.6 Å². The van der Waals surface area contributed by atoms with E-state index in [0.29, 0.717) is 5.92 Å². The first-order valence-electron chi connectivity index (χ1n) is 10.4. The smallest absolute Gasteiger partial charge is 0.0194 e. The molecule has 0 bridgehead atoms. The van der Waals surface area contributed by atoms with Gasteiger partial charge in [0.2, 0.25) is 0 Å². The van der Waals surface area contributed by atoms with Gasteiger partial charge in [0.05, 0.1) is 0 Å². The molecule has 0 aromatic heterocycles. The van der Waals surface area contributed by atoms with Gasteiger partial charge in [-0.1, -0.05) is 78.0 Å². The monoisotopic (exact) mass is 378 g/mol. The van der Waals surface area contributed by atoms with Crippen molar-refractivity contribution in [2.75, 3.05) is 0 Å². The predicted molar refractivity (Wildman–Crippen MR) is 124 cm³/mol. The number of allylic oxidation sites excluding steroid dienone is 5. The Balaban J connectivity index is 2.36. The van der Waals surface area contributed by atoms with Crippen molar-refractivity contribution in [3.05, 3.63) is 58.7 Å². The SMILES string of the molecule is C=C1C=C(CCC)c2c3c(c(S)c(C(=C)C(C)CC)c2C1)C=CC(C)(C)C3. The third-order valence-corrected chi connectivity index (χ3v) is 6.67. The van der Waals surface area contributed by atoms with E-state index in [1.165, 1.54) is 44.5 Å². The Morgan fingerprint density at radius 2 is 1.96 bits per heavy atom. The Morgan fingerprint density at radius 3 is 2.59 bits per heavy atom. The van der Waals surface area contributed by atoms with E-state index < -0.39 is 0 Å². The molecule has 1 unspecified atom stereocenters. The summed E-state index contributed by atoms with van der Waals surface area (Å²) in [5, 5.41) is 0. The van der Waals surface area contributed by atoms with Gasteiger partial charge in [-0.2, -0.15) is 0 Å². The van der Waals surface area contributed by atoms with Crippen LogP contribution in [0.5, 0.6) is 0 Å². The number of benzene rings is 1. The second-order valence-corrected chi connectivity index (χ2v) is 9.50. The molecule has 0 heterocycles. The molecule has 3 rings (SSSR count). The number of hydrogen-bond donors (Lipinski definition) is 1. The van der Waals surface area contributed by atoms with Gasteiger partial charge in [-0.25, -0.2) is 0 Å². The number of fused-ring (bicyclic) bond motifs is 3. The van der Waals surface area contributed by atoms with Crippen LogP contribution in [-0.2, 0) is 12.8 Å². The number of hydrogen-bond acceptors (Lipinski definition) is 1. The Hall–Kier alpha value is -1.47. The minimum absolute atomic E-state index is 0.183. The molecule has 1 heteroatoms. The highest BCUT2D eigenvalue weighted by molar-refractivity contribution is 7.80. The van der Waals surface area contributed by atoms with Crippen molar-refractivity contribution < 1.29 is 0 Å². The Kier molecular flexibility index (Phi) is 5.64.